The predicted octanol–water partition coefficient (Wildman–Crippen LogP) is 4.00. The molecule has 1 fully saturated rings. The van der Waals surface area contributed by atoms with Gasteiger partial charge in [0.2, 0.25) is 0 Å². The second-order valence-electron chi connectivity index (χ2n) is 7.78. The maximum Gasteiger partial charge on any atom is 0.336 e. The number of rotatable bonds is 5. The zero-order valence-corrected chi connectivity index (χ0v) is 16.7. The highest BCUT2D eigenvalue weighted by Crippen LogP contribution is 2.28. The predicted molar refractivity (Wildman–Crippen MR) is 106 cm³/mol. The van der Waals surface area contributed by atoms with Crippen molar-refractivity contribution in [2.75, 3.05) is 19.7 Å². The second kappa shape index (κ2) is 8.26. The average Bonchev–Trinajstić information content (AvgIpc) is 2.61. The fraction of sp³-hybridized carbons (Fsp3) is 0.545. The third-order valence-electron chi connectivity index (χ3n) is 5.36. The van der Waals surface area contributed by atoms with E-state index in [9.17, 15) is 9.59 Å². The van der Waals surface area contributed by atoms with Crippen LogP contribution in [0.1, 0.15) is 56.2 Å². The lowest BCUT2D eigenvalue weighted by molar-refractivity contribution is -0.150. The first-order chi connectivity index (χ1) is 12.9. The summed E-state index contributed by atoms with van der Waals surface area (Å²) >= 11 is 0. The van der Waals surface area contributed by atoms with Crippen molar-refractivity contribution in [1.82, 2.24) is 4.90 Å². The smallest absolute Gasteiger partial charge is 0.336 e. The number of carbonyl (C=O) groups is 1. The van der Waals surface area contributed by atoms with Crippen LogP contribution in [0.25, 0.3) is 11.0 Å². The maximum absolute atomic E-state index is 12.1. The summed E-state index contributed by atoms with van der Waals surface area (Å²) in [7, 11) is 0. The van der Waals surface area contributed by atoms with E-state index in [2.05, 4.69) is 31.7 Å². The molecule has 1 aliphatic rings. The molecule has 1 aromatic carbocycles. The lowest BCUT2D eigenvalue weighted by Crippen LogP contribution is -2.39. The monoisotopic (exact) mass is 371 g/mol. The third kappa shape index (κ3) is 4.41. The number of fused-ring (bicyclic) bond motifs is 1. The number of hydrogen-bond donors (Lipinski definition) is 0. The SMILES string of the molecule is CCOC(=O)[C@H]1CCCN(Cc2cc(=O)oc3cc(C)c(C(C)C)cc23)C1. The topological polar surface area (TPSA) is 59.8 Å². The summed E-state index contributed by atoms with van der Waals surface area (Å²) in [6.07, 6.45) is 1.82. The lowest BCUT2D eigenvalue weighted by atomic mass is 9.94. The van der Waals surface area contributed by atoms with E-state index >= 15 is 0 Å². The van der Waals surface area contributed by atoms with Crippen molar-refractivity contribution in [3.05, 3.63) is 45.3 Å². The molecule has 0 amide bonds. The Labute approximate surface area is 160 Å². The lowest BCUT2D eigenvalue weighted by Gasteiger charge is -2.31. The van der Waals surface area contributed by atoms with Gasteiger partial charge in [-0.3, -0.25) is 9.69 Å². The summed E-state index contributed by atoms with van der Waals surface area (Å²) in [5, 5.41) is 0.988. The normalized spacial score (nSPS) is 18.2. The maximum atomic E-state index is 12.1. The van der Waals surface area contributed by atoms with Gasteiger partial charge in [0, 0.05) is 24.5 Å². The standard InChI is InChI=1S/C22H29NO4/c1-5-26-22(25)16-7-6-8-23(12-16)13-17-10-21(24)27-20-9-15(4)18(14(2)3)11-19(17)20/h9-11,14,16H,5-8,12-13H2,1-4H3/t16-/m0/s1. The van der Waals surface area contributed by atoms with Gasteiger partial charge in [0.15, 0.2) is 0 Å². The van der Waals surface area contributed by atoms with Crippen molar-refractivity contribution in [3.8, 4) is 0 Å². The molecule has 0 bridgehead atoms. The van der Waals surface area contributed by atoms with E-state index < -0.39 is 0 Å². The summed E-state index contributed by atoms with van der Waals surface area (Å²) in [5.41, 5.74) is 3.68. The Morgan fingerprint density at radius 1 is 1.33 bits per heavy atom. The van der Waals surface area contributed by atoms with E-state index in [1.165, 1.54) is 5.56 Å². The molecule has 1 atom stereocenters. The quantitative estimate of drug-likeness (QED) is 0.587. The first-order valence-electron chi connectivity index (χ1n) is 9.85. The van der Waals surface area contributed by atoms with Crippen molar-refractivity contribution in [2.24, 2.45) is 5.92 Å². The number of nitrogens with zero attached hydrogens (tertiary/aromatic N) is 1. The van der Waals surface area contributed by atoms with E-state index in [0.717, 1.165) is 35.9 Å². The molecule has 0 saturated carbocycles. The Morgan fingerprint density at radius 2 is 2.11 bits per heavy atom. The molecule has 1 aromatic heterocycles. The number of carbonyl (C=O) groups excluding carboxylic acids is 1. The van der Waals surface area contributed by atoms with E-state index in [-0.39, 0.29) is 17.5 Å². The van der Waals surface area contributed by atoms with E-state index in [4.69, 9.17) is 9.15 Å². The van der Waals surface area contributed by atoms with Crippen molar-refractivity contribution in [2.45, 2.75) is 53.0 Å². The molecule has 2 aromatic rings. The molecule has 146 valence electrons. The van der Waals surface area contributed by atoms with Crippen LogP contribution < -0.4 is 5.63 Å². The van der Waals surface area contributed by atoms with E-state index in [1.807, 2.05) is 13.0 Å². The summed E-state index contributed by atoms with van der Waals surface area (Å²) in [5.74, 6) is 0.202. The van der Waals surface area contributed by atoms with Crippen molar-refractivity contribution in [3.63, 3.8) is 0 Å². The number of hydrogen-bond acceptors (Lipinski definition) is 5. The van der Waals surface area contributed by atoms with Crippen molar-refractivity contribution in [1.29, 1.82) is 0 Å². The summed E-state index contributed by atoms with van der Waals surface area (Å²) in [6.45, 7) is 10.9. The van der Waals surface area contributed by atoms with Crippen molar-refractivity contribution < 1.29 is 13.9 Å². The first kappa shape index (κ1) is 19.6. The van der Waals surface area contributed by atoms with Gasteiger partial charge in [0.1, 0.15) is 5.58 Å². The summed E-state index contributed by atoms with van der Waals surface area (Å²) < 4.78 is 10.6. The van der Waals surface area contributed by atoms with Gasteiger partial charge in [-0.2, -0.15) is 0 Å². The molecule has 2 heterocycles. The molecular formula is C22H29NO4. The molecule has 0 spiro atoms. The molecule has 27 heavy (non-hydrogen) atoms. The molecule has 0 N–H and O–H groups in total. The zero-order chi connectivity index (χ0) is 19.6. The van der Waals surface area contributed by atoms with E-state index in [1.54, 1.807) is 6.07 Å². The Kier molecular flexibility index (Phi) is 6.00. The largest absolute Gasteiger partial charge is 0.466 e. The van der Waals surface area contributed by atoms with Gasteiger partial charge in [0.05, 0.1) is 12.5 Å². The molecule has 5 nitrogen and oxygen atoms in total. The van der Waals surface area contributed by atoms with Gasteiger partial charge in [-0.15, -0.1) is 0 Å². The number of piperidine rings is 1. The Bertz CT molecular complexity index is 884. The molecule has 1 aliphatic heterocycles. The van der Waals surface area contributed by atoms with Crippen LogP contribution >= 0.6 is 0 Å². The Hall–Kier alpha value is -2.14. The van der Waals surface area contributed by atoms with Crippen LogP contribution in [0.3, 0.4) is 0 Å². The Morgan fingerprint density at radius 3 is 2.81 bits per heavy atom. The molecule has 0 unspecified atom stereocenters. The van der Waals surface area contributed by atoms with Crippen LogP contribution in [0.15, 0.2) is 27.4 Å². The number of aryl methyl sites for hydroxylation is 1. The van der Waals surface area contributed by atoms with Gasteiger partial charge in [0.25, 0.3) is 0 Å². The fourth-order valence-corrected chi connectivity index (χ4v) is 4.04. The first-order valence-corrected chi connectivity index (χ1v) is 9.85. The van der Waals surface area contributed by atoms with Crippen LogP contribution in [0.5, 0.6) is 0 Å². The molecular weight excluding hydrogens is 342 g/mol. The fourth-order valence-electron chi connectivity index (χ4n) is 4.04. The third-order valence-corrected chi connectivity index (χ3v) is 5.36. The highest BCUT2D eigenvalue weighted by Gasteiger charge is 2.27. The minimum absolute atomic E-state index is 0.0847. The zero-order valence-electron chi connectivity index (χ0n) is 16.7. The number of esters is 1. The molecule has 0 aliphatic carbocycles. The minimum Gasteiger partial charge on any atom is -0.466 e. The molecule has 1 saturated heterocycles. The molecule has 0 radical (unpaired) electrons. The number of ether oxygens (including phenoxy) is 1. The van der Waals surface area contributed by atoms with Gasteiger partial charge >= 0.3 is 11.6 Å². The van der Waals surface area contributed by atoms with Gasteiger partial charge in [-0.1, -0.05) is 13.8 Å². The summed E-state index contributed by atoms with van der Waals surface area (Å²) in [4.78, 5) is 26.4. The highest BCUT2D eigenvalue weighted by molar-refractivity contribution is 5.82. The molecule has 3 rings (SSSR count). The van der Waals surface area contributed by atoms with Gasteiger partial charge in [-0.05, 0) is 68.0 Å². The molecule has 5 heteroatoms. The van der Waals surface area contributed by atoms with Crippen LogP contribution in [0.2, 0.25) is 0 Å². The van der Waals surface area contributed by atoms with Crippen LogP contribution in [-0.4, -0.2) is 30.6 Å². The second-order valence-corrected chi connectivity index (χ2v) is 7.78. The highest BCUT2D eigenvalue weighted by atomic mass is 16.5. The number of benzene rings is 1. The van der Waals surface area contributed by atoms with Gasteiger partial charge < -0.3 is 9.15 Å². The van der Waals surface area contributed by atoms with Gasteiger partial charge in [-0.25, -0.2) is 4.79 Å². The van der Waals surface area contributed by atoms with E-state index in [0.29, 0.717) is 31.2 Å². The van der Waals surface area contributed by atoms with Crippen LogP contribution in [0.4, 0.5) is 0 Å². The average molecular weight is 371 g/mol. The minimum atomic E-state index is -0.326. The Balaban J connectivity index is 1.90. The van der Waals surface area contributed by atoms with Crippen LogP contribution in [-0.2, 0) is 16.1 Å². The van der Waals surface area contributed by atoms with Crippen molar-refractivity contribution >= 4 is 16.9 Å². The summed E-state index contributed by atoms with van der Waals surface area (Å²) in [6, 6.07) is 5.71. The number of likely N-dealkylation sites (tertiary alicyclic amines) is 1. The van der Waals surface area contributed by atoms with Crippen LogP contribution in [0, 0.1) is 12.8 Å².